The molecule has 2 fully saturated rings. The van der Waals surface area contributed by atoms with Crippen LogP contribution in [-0.2, 0) is 15.1 Å². The van der Waals surface area contributed by atoms with Gasteiger partial charge in [-0.2, -0.15) is 4.98 Å². The molecule has 1 atom stereocenters. The lowest BCUT2D eigenvalue weighted by molar-refractivity contribution is -0.0777. The number of ether oxygens (including phenoxy) is 2. The van der Waals surface area contributed by atoms with Crippen LogP contribution in [0.1, 0.15) is 56.8 Å². The van der Waals surface area contributed by atoms with Gasteiger partial charge in [0.2, 0.25) is 11.7 Å². The lowest BCUT2D eigenvalue weighted by Gasteiger charge is -2.34. The van der Waals surface area contributed by atoms with E-state index in [4.69, 9.17) is 14.0 Å². The zero-order valence-corrected chi connectivity index (χ0v) is 12.1. The number of aromatic nitrogens is 2. The largest absolute Gasteiger partial charge is 0.378 e. The van der Waals surface area contributed by atoms with Crippen molar-refractivity contribution in [2.45, 2.75) is 50.7 Å². The first-order chi connectivity index (χ1) is 9.84. The molecule has 2 heterocycles. The van der Waals surface area contributed by atoms with E-state index in [0.29, 0.717) is 24.9 Å². The minimum absolute atomic E-state index is 0.00673. The van der Waals surface area contributed by atoms with E-state index in [2.05, 4.69) is 15.5 Å². The van der Waals surface area contributed by atoms with Crippen LogP contribution in [0.3, 0.4) is 0 Å². The predicted molar refractivity (Wildman–Crippen MR) is 72.2 cm³/mol. The van der Waals surface area contributed by atoms with Gasteiger partial charge in [-0.05, 0) is 19.8 Å². The van der Waals surface area contributed by atoms with Crippen LogP contribution in [0.4, 0.5) is 0 Å². The number of nitrogens with one attached hydrogen (secondary N) is 1. The molecule has 1 aliphatic heterocycles. The van der Waals surface area contributed by atoms with E-state index in [-0.39, 0.29) is 11.6 Å². The quantitative estimate of drug-likeness (QED) is 0.909. The normalized spacial score (nSPS) is 26.6. The van der Waals surface area contributed by atoms with Gasteiger partial charge in [0, 0.05) is 13.2 Å². The molecule has 112 valence electrons. The van der Waals surface area contributed by atoms with Gasteiger partial charge in [0.15, 0.2) is 0 Å². The topological polar surface area (TPSA) is 69.4 Å². The van der Waals surface area contributed by atoms with Crippen molar-refractivity contribution in [3.05, 3.63) is 11.7 Å². The Labute approximate surface area is 119 Å². The molecular formula is C14H23N3O3. The zero-order valence-electron chi connectivity index (χ0n) is 12.1. The van der Waals surface area contributed by atoms with Crippen molar-refractivity contribution < 1.29 is 14.0 Å². The van der Waals surface area contributed by atoms with Crippen LogP contribution in [0, 0.1) is 0 Å². The van der Waals surface area contributed by atoms with Crippen LogP contribution in [-0.4, -0.2) is 36.5 Å². The predicted octanol–water partition coefficient (Wildman–Crippen LogP) is 1.93. The molecule has 1 N–H and O–H groups in total. The highest BCUT2D eigenvalue weighted by Crippen LogP contribution is 2.39. The van der Waals surface area contributed by atoms with Crippen LogP contribution in [0.2, 0.25) is 0 Å². The van der Waals surface area contributed by atoms with E-state index in [0.717, 1.165) is 38.8 Å². The van der Waals surface area contributed by atoms with Crippen molar-refractivity contribution in [3.8, 4) is 0 Å². The Balaban J connectivity index is 1.79. The summed E-state index contributed by atoms with van der Waals surface area (Å²) in [5, 5.41) is 7.53. The van der Waals surface area contributed by atoms with E-state index in [1.54, 1.807) is 0 Å². The highest BCUT2D eigenvalue weighted by atomic mass is 16.5. The third-order valence-electron chi connectivity index (χ3n) is 4.15. The maximum atomic E-state index is 6.02. The molecule has 0 aromatic carbocycles. The van der Waals surface area contributed by atoms with Crippen molar-refractivity contribution in [1.82, 2.24) is 15.5 Å². The number of morpholine rings is 1. The van der Waals surface area contributed by atoms with Crippen LogP contribution in [0.5, 0.6) is 0 Å². The fraction of sp³-hybridized carbons (Fsp3) is 0.857. The maximum absolute atomic E-state index is 6.02. The summed E-state index contributed by atoms with van der Waals surface area (Å²) in [7, 11) is 0. The van der Waals surface area contributed by atoms with E-state index in [9.17, 15) is 0 Å². The molecule has 20 heavy (non-hydrogen) atoms. The summed E-state index contributed by atoms with van der Waals surface area (Å²) in [4.78, 5) is 4.60. The lowest BCUT2D eigenvalue weighted by Crippen LogP contribution is -2.35. The molecule has 2 aliphatic rings. The van der Waals surface area contributed by atoms with Gasteiger partial charge in [-0.15, -0.1) is 0 Å². The van der Waals surface area contributed by atoms with Gasteiger partial charge in [-0.1, -0.05) is 24.4 Å². The Morgan fingerprint density at radius 1 is 1.35 bits per heavy atom. The standard InChI is InChI=1S/C14H23N3O3/c1-2-19-14(6-4-3-5-7-14)13-16-12(20-17-13)11-10-18-9-8-15-11/h11,15H,2-10H2,1H3. The second kappa shape index (κ2) is 6.20. The second-order valence-corrected chi connectivity index (χ2v) is 5.53. The first-order valence-electron chi connectivity index (χ1n) is 7.63. The Morgan fingerprint density at radius 3 is 2.90 bits per heavy atom. The molecule has 1 aliphatic carbocycles. The minimum Gasteiger partial charge on any atom is -0.378 e. The third-order valence-corrected chi connectivity index (χ3v) is 4.15. The lowest BCUT2D eigenvalue weighted by atomic mass is 9.84. The summed E-state index contributed by atoms with van der Waals surface area (Å²) in [6, 6.07) is 0.00673. The molecule has 0 radical (unpaired) electrons. The monoisotopic (exact) mass is 281 g/mol. The van der Waals surface area contributed by atoms with E-state index < -0.39 is 0 Å². The van der Waals surface area contributed by atoms with E-state index in [1.807, 2.05) is 6.92 Å². The van der Waals surface area contributed by atoms with Crippen LogP contribution < -0.4 is 5.32 Å². The first kappa shape index (κ1) is 14.0. The SMILES string of the molecule is CCOC1(c2noc(C3COCCN3)n2)CCCCC1. The smallest absolute Gasteiger partial charge is 0.246 e. The van der Waals surface area contributed by atoms with Crippen molar-refractivity contribution in [3.63, 3.8) is 0 Å². The van der Waals surface area contributed by atoms with Gasteiger partial charge < -0.3 is 19.3 Å². The van der Waals surface area contributed by atoms with Crippen LogP contribution >= 0.6 is 0 Å². The molecule has 1 unspecified atom stereocenters. The third kappa shape index (κ3) is 2.73. The van der Waals surface area contributed by atoms with E-state index >= 15 is 0 Å². The molecule has 1 saturated heterocycles. The van der Waals surface area contributed by atoms with Gasteiger partial charge in [0.25, 0.3) is 0 Å². The van der Waals surface area contributed by atoms with Gasteiger partial charge in [0.05, 0.1) is 13.2 Å². The van der Waals surface area contributed by atoms with E-state index in [1.165, 1.54) is 6.42 Å². The highest BCUT2D eigenvalue weighted by molar-refractivity contribution is 5.05. The Morgan fingerprint density at radius 2 is 2.20 bits per heavy atom. The molecule has 0 amide bonds. The fourth-order valence-electron chi connectivity index (χ4n) is 3.12. The Hall–Kier alpha value is -0.980. The number of hydrogen-bond acceptors (Lipinski definition) is 6. The number of hydrogen-bond donors (Lipinski definition) is 1. The molecule has 3 rings (SSSR count). The molecular weight excluding hydrogens is 258 g/mol. The molecule has 1 saturated carbocycles. The van der Waals surface area contributed by atoms with Crippen LogP contribution in [0.15, 0.2) is 4.52 Å². The molecule has 1 aromatic heterocycles. The summed E-state index contributed by atoms with van der Waals surface area (Å²) in [5.41, 5.74) is -0.343. The summed E-state index contributed by atoms with van der Waals surface area (Å²) in [5.74, 6) is 1.32. The highest BCUT2D eigenvalue weighted by Gasteiger charge is 2.39. The summed E-state index contributed by atoms with van der Waals surface area (Å²) in [6.07, 6.45) is 5.55. The van der Waals surface area contributed by atoms with Crippen molar-refractivity contribution in [1.29, 1.82) is 0 Å². The van der Waals surface area contributed by atoms with Crippen molar-refractivity contribution >= 4 is 0 Å². The second-order valence-electron chi connectivity index (χ2n) is 5.53. The van der Waals surface area contributed by atoms with Gasteiger partial charge in [-0.25, -0.2) is 0 Å². The maximum Gasteiger partial charge on any atom is 0.246 e. The first-order valence-corrected chi connectivity index (χ1v) is 7.63. The van der Waals surface area contributed by atoms with Crippen LogP contribution in [0.25, 0.3) is 0 Å². The molecule has 1 aromatic rings. The molecule has 6 nitrogen and oxygen atoms in total. The van der Waals surface area contributed by atoms with Crippen molar-refractivity contribution in [2.24, 2.45) is 0 Å². The Bertz CT molecular complexity index is 418. The fourth-order valence-corrected chi connectivity index (χ4v) is 3.12. The molecule has 6 heteroatoms. The molecule has 0 bridgehead atoms. The minimum atomic E-state index is -0.343. The van der Waals surface area contributed by atoms with Gasteiger partial charge in [0.1, 0.15) is 11.6 Å². The number of nitrogens with zero attached hydrogens (tertiary/aromatic N) is 2. The summed E-state index contributed by atoms with van der Waals surface area (Å²) < 4.78 is 16.9. The van der Waals surface area contributed by atoms with Gasteiger partial charge >= 0.3 is 0 Å². The average Bonchev–Trinajstić information content (AvgIpc) is 3.00. The van der Waals surface area contributed by atoms with Crippen molar-refractivity contribution in [2.75, 3.05) is 26.4 Å². The number of rotatable bonds is 4. The average molecular weight is 281 g/mol. The Kier molecular flexibility index (Phi) is 4.33. The summed E-state index contributed by atoms with van der Waals surface area (Å²) in [6.45, 7) is 4.84. The summed E-state index contributed by atoms with van der Waals surface area (Å²) >= 11 is 0. The molecule has 0 spiro atoms. The zero-order chi connectivity index (χ0) is 13.8. The van der Waals surface area contributed by atoms with Gasteiger partial charge in [-0.3, -0.25) is 0 Å².